The maximum atomic E-state index is 12.4. The number of fused-ring (bicyclic) bond motifs is 1. The van der Waals surface area contributed by atoms with E-state index in [2.05, 4.69) is 9.72 Å². The molecule has 4 nitrogen and oxygen atoms in total. The lowest BCUT2D eigenvalue weighted by Crippen LogP contribution is -2.17. The first kappa shape index (κ1) is 14.6. The van der Waals surface area contributed by atoms with Crippen LogP contribution in [0, 0.1) is 0 Å². The zero-order valence-corrected chi connectivity index (χ0v) is 11.3. The third-order valence-electron chi connectivity index (χ3n) is 2.44. The van der Waals surface area contributed by atoms with Gasteiger partial charge in [0.15, 0.2) is 5.75 Å². The number of ether oxygens (including phenoxy) is 1. The molecule has 108 valence electrons. The van der Waals surface area contributed by atoms with Crippen LogP contribution in [-0.2, 0) is 0 Å². The van der Waals surface area contributed by atoms with Gasteiger partial charge in [0.05, 0.1) is 15.3 Å². The topological polar surface area (TPSA) is 59.4 Å². The molecule has 0 aliphatic rings. The van der Waals surface area contributed by atoms with E-state index in [1.165, 1.54) is 6.07 Å². The summed E-state index contributed by atoms with van der Waals surface area (Å²) in [5.74, 6) is -1.88. The lowest BCUT2D eigenvalue weighted by atomic mass is 10.2. The zero-order valence-electron chi connectivity index (χ0n) is 10.5. The summed E-state index contributed by atoms with van der Waals surface area (Å²) in [5.41, 5.74) is -0.239. The Hall–Kier alpha value is -1.83. The highest BCUT2D eigenvalue weighted by atomic mass is 32.1. The van der Waals surface area contributed by atoms with Crippen LogP contribution >= 0.6 is 11.3 Å². The summed E-state index contributed by atoms with van der Waals surface area (Å²) >= 11 is 1.16. The Kier molecular flexibility index (Phi) is 3.59. The van der Waals surface area contributed by atoms with Gasteiger partial charge < -0.3 is 9.84 Å². The first-order chi connectivity index (χ1) is 9.17. The second-order valence-corrected chi connectivity index (χ2v) is 5.44. The Balaban J connectivity index is 2.65. The molecule has 0 spiro atoms. The number of carboxylic acid groups (broad SMARTS) is 1. The molecule has 1 aromatic heterocycles. The number of hydrogen-bond acceptors (Lipinski definition) is 4. The molecule has 8 heteroatoms. The molecule has 0 bridgehead atoms. The SMILES string of the molecule is CC(C)c1nc2c(OC(F)(F)F)cc(C(=O)O)cc2s1. The number of halogens is 3. The van der Waals surface area contributed by atoms with E-state index in [9.17, 15) is 18.0 Å². The lowest BCUT2D eigenvalue weighted by Gasteiger charge is -2.09. The molecule has 20 heavy (non-hydrogen) atoms. The second kappa shape index (κ2) is 4.93. The molecule has 1 N–H and O–H groups in total. The van der Waals surface area contributed by atoms with Crippen LogP contribution < -0.4 is 4.74 Å². The maximum Gasteiger partial charge on any atom is 0.573 e. The zero-order chi connectivity index (χ0) is 15.1. The predicted molar refractivity (Wildman–Crippen MR) is 67.4 cm³/mol. The van der Waals surface area contributed by atoms with Crippen molar-refractivity contribution in [1.29, 1.82) is 0 Å². The molecule has 1 aromatic carbocycles. The van der Waals surface area contributed by atoms with E-state index in [-0.39, 0.29) is 17.0 Å². The molecule has 0 atom stereocenters. The van der Waals surface area contributed by atoms with Crippen molar-refractivity contribution in [2.75, 3.05) is 0 Å². The lowest BCUT2D eigenvalue weighted by molar-refractivity contribution is -0.274. The summed E-state index contributed by atoms with van der Waals surface area (Å²) < 4.78 is 41.4. The van der Waals surface area contributed by atoms with E-state index >= 15 is 0 Å². The van der Waals surface area contributed by atoms with Crippen LogP contribution in [0.3, 0.4) is 0 Å². The molecule has 0 saturated heterocycles. The quantitative estimate of drug-likeness (QED) is 0.930. The fraction of sp³-hybridized carbons (Fsp3) is 0.333. The minimum absolute atomic E-state index is 0.0272. The molecule has 0 radical (unpaired) electrons. The third-order valence-corrected chi connectivity index (χ3v) is 3.75. The van der Waals surface area contributed by atoms with Crippen LogP contribution in [0.25, 0.3) is 10.2 Å². The minimum Gasteiger partial charge on any atom is -0.478 e. The number of aromatic nitrogens is 1. The average Bonchev–Trinajstić information content (AvgIpc) is 2.70. The molecular weight excluding hydrogens is 295 g/mol. The molecule has 0 amide bonds. The number of benzene rings is 1. The summed E-state index contributed by atoms with van der Waals surface area (Å²) in [4.78, 5) is 15.0. The number of carbonyl (C=O) groups is 1. The molecule has 0 fully saturated rings. The number of rotatable bonds is 3. The summed E-state index contributed by atoms with van der Waals surface area (Å²) in [6, 6.07) is 2.13. The van der Waals surface area contributed by atoms with E-state index < -0.39 is 18.1 Å². The number of aromatic carboxylic acids is 1. The van der Waals surface area contributed by atoms with Crippen LogP contribution in [0.5, 0.6) is 5.75 Å². The van der Waals surface area contributed by atoms with Crippen molar-refractivity contribution in [2.24, 2.45) is 0 Å². The van der Waals surface area contributed by atoms with Crippen LogP contribution in [0.1, 0.15) is 35.1 Å². The van der Waals surface area contributed by atoms with Crippen molar-refractivity contribution in [3.8, 4) is 5.75 Å². The van der Waals surface area contributed by atoms with Crippen molar-refractivity contribution in [3.63, 3.8) is 0 Å². The Bertz CT molecular complexity index is 664. The van der Waals surface area contributed by atoms with Gasteiger partial charge in [0.2, 0.25) is 0 Å². The van der Waals surface area contributed by atoms with Gasteiger partial charge in [-0.2, -0.15) is 0 Å². The van der Waals surface area contributed by atoms with Gasteiger partial charge in [0.25, 0.3) is 0 Å². The highest BCUT2D eigenvalue weighted by molar-refractivity contribution is 7.18. The number of hydrogen-bond donors (Lipinski definition) is 1. The smallest absolute Gasteiger partial charge is 0.478 e. The van der Waals surface area contributed by atoms with Crippen molar-refractivity contribution in [3.05, 3.63) is 22.7 Å². The molecule has 0 aliphatic heterocycles. The van der Waals surface area contributed by atoms with Crippen molar-refractivity contribution in [1.82, 2.24) is 4.98 Å². The molecule has 0 aliphatic carbocycles. The fourth-order valence-electron chi connectivity index (χ4n) is 1.59. The Morgan fingerprint density at radius 2 is 2.05 bits per heavy atom. The second-order valence-electron chi connectivity index (χ2n) is 4.38. The van der Waals surface area contributed by atoms with E-state index in [1.54, 1.807) is 0 Å². The fourth-order valence-corrected chi connectivity index (χ4v) is 2.62. The first-order valence-electron chi connectivity index (χ1n) is 5.61. The average molecular weight is 305 g/mol. The Morgan fingerprint density at radius 3 is 2.55 bits per heavy atom. The van der Waals surface area contributed by atoms with Gasteiger partial charge >= 0.3 is 12.3 Å². The van der Waals surface area contributed by atoms with Crippen molar-refractivity contribution < 1.29 is 27.8 Å². The Labute approximate surface area is 115 Å². The molecule has 0 saturated carbocycles. The largest absolute Gasteiger partial charge is 0.573 e. The van der Waals surface area contributed by atoms with Gasteiger partial charge in [-0.05, 0) is 12.1 Å². The van der Waals surface area contributed by atoms with Gasteiger partial charge in [0.1, 0.15) is 5.52 Å². The van der Waals surface area contributed by atoms with Gasteiger partial charge in [-0.1, -0.05) is 13.8 Å². The monoisotopic (exact) mass is 305 g/mol. The summed E-state index contributed by atoms with van der Waals surface area (Å²) in [7, 11) is 0. The van der Waals surface area contributed by atoms with Crippen molar-refractivity contribution >= 4 is 27.5 Å². The summed E-state index contributed by atoms with van der Waals surface area (Å²) in [5, 5.41) is 9.55. The van der Waals surface area contributed by atoms with E-state index in [1.807, 2.05) is 13.8 Å². The van der Waals surface area contributed by atoms with Crippen LogP contribution in [-0.4, -0.2) is 22.4 Å². The molecule has 0 unspecified atom stereocenters. The maximum absolute atomic E-state index is 12.4. The van der Waals surface area contributed by atoms with E-state index in [0.717, 1.165) is 17.4 Å². The number of carboxylic acids is 1. The van der Waals surface area contributed by atoms with Gasteiger partial charge in [-0.15, -0.1) is 24.5 Å². The summed E-state index contributed by atoms with van der Waals surface area (Å²) in [6.07, 6.45) is -4.90. The molecule has 2 rings (SSSR count). The summed E-state index contributed by atoms with van der Waals surface area (Å²) in [6.45, 7) is 3.69. The molecule has 2 aromatic rings. The van der Waals surface area contributed by atoms with Crippen LogP contribution in [0.4, 0.5) is 13.2 Å². The number of alkyl halides is 3. The first-order valence-corrected chi connectivity index (χ1v) is 6.42. The normalized spacial score (nSPS) is 12.1. The minimum atomic E-state index is -4.90. The van der Waals surface area contributed by atoms with Gasteiger partial charge in [-0.3, -0.25) is 0 Å². The van der Waals surface area contributed by atoms with Gasteiger partial charge in [0, 0.05) is 5.92 Å². The standard InChI is InChI=1S/C12H10F3NO3S/c1-5(2)10-16-9-7(19-12(13,14)15)3-6(11(17)18)4-8(9)20-10/h3-5H,1-2H3,(H,17,18). The van der Waals surface area contributed by atoms with Crippen LogP contribution in [0.15, 0.2) is 12.1 Å². The Morgan fingerprint density at radius 1 is 1.40 bits per heavy atom. The van der Waals surface area contributed by atoms with E-state index in [0.29, 0.717) is 9.71 Å². The highest BCUT2D eigenvalue weighted by Crippen LogP contribution is 2.36. The van der Waals surface area contributed by atoms with Gasteiger partial charge in [-0.25, -0.2) is 9.78 Å². The third kappa shape index (κ3) is 3.01. The number of thiazole rings is 1. The number of nitrogens with zero attached hydrogens (tertiary/aromatic N) is 1. The van der Waals surface area contributed by atoms with Crippen LogP contribution in [0.2, 0.25) is 0 Å². The van der Waals surface area contributed by atoms with Crippen molar-refractivity contribution in [2.45, 2.75) is 26.1 Å². The molecule has 1 heterocycles. The van der Waals surface area contributed by atoms with E-state index in [4.69, 9.17) is 5.11 Å². The predicted octanol–water partition coefficient (Wildman–Crippen LogP) is 4.02. The molecular formula is C12H10F3NO3S. The highest BCUT2D eigenvalue weighted by Gasteiger charge is 2.33.